The first-order valence-corrected chi connectivity index (χ1v) is 13.8. The van der Waals surface area contributed by atoms with E-state index in [4.69, 9.17) is 44.9 Å². The maximum atomic E-state index is 13.6. The molecule has 3 heterocycles. The number of hydrogen-bond donors (Lipinski definition) is 0. The van der Waals surface area contributed by atoms with Gasteiger partial charge in [-0.3, -0.25) is 18.9 Å². The van der Waals surface area contributed by atoms with E-state index >= 15 is 0 Å². The highest BCUT2D eigenvalue weighted by Crippen LogP contribution is 2.36. The van der Waals surface area contributed by atoms with Crippen LogP contribution in [-0.2, 0) is 11.2 Å². The fourth-order valence-electron chi connectivity index (χ4n) is 4.01. The van der Waals surface area contributed by atoms with Crippen LogP contribution >= 0.6 is 47.2 Å². The molecule has 198 valence electrons. The number of aryl methyl sites for hydroxylation is 1. The minimum atomic E-state index is -0.396. The molecule has 4 aromatic rings. The summed E-state index contributed by atoms with van der Waals surface area (Å²) in [4.78, 5) is 33.4. The molecule has 0 radical (unpaired) electrons. The van der Waals surface area contributed by atoms with E-state index in [1.165, 1.54) is 21.4 Å². The van der Waals surface area contributed by atoms with Crippen LogP contribution in [0.5, 0.6) is 17.4 Å². The second-order valence-corrected chi connectivity index (χ2v) is 11.1. The molecule has 0 atom stereocenters. The molecular formula is C28H21Cl2N3O4S2. The number of pyridine rings is 1. The van der Waals surface area contributed by atoms with Crippen molar-refractivity contribution in [2.24, 2.45) is 0 Å². The summed E-state index contributed by atoms with van der Waals surface area (Å²) in [5.41, 5.74) is 1.94. The van der Waals surface area contributed by atoms with Crippen LogP contribution in [-0.4, -0.2) is 38.2 Å². The predicted molar refractivity (Wildman–Crippen MR) is 159 cm³/mol. The number of rotatable bonds is 7. The van der Waals surface area contributed by atoms with Crippen LogP contribution < -0.4 is 15.0 Å². The van der Waals surface area contributed by atoms with Gasteiger partial charge in [0, 0.05) is 17.8 Å². The lowest BCUT2D eigenvalue weighted by Gasteiger charge is -2.14. The van der Waals surface area contributed by atoms with E-state index in [2.05, 4.69) is 4.98 Å². The number of carbonyl (C=O) groups excluding carboxylic acids is 1. The van der Waals surface area contributed by atoms with Crippen LogP contribution in [0.3, 0.4) is 0 Å². The first-order valence-electron chi connectivity index (χ1n) is 11.8. The van der Waals surface area contributed by atoms with Crippen molar-refractivity contribution >= 4 is 69.1 Å². The summed E-state index contributed by atoms with van der Waals surface area (Å²) in [7, 11) is 1.61. The molecule has 39 heavy (non-hydrogen) atoms. The fraction of sp³-hybridized carbons (Fsp3) is 0.143. The number of fused-ring (bicyclic) bond motifs is 1. The highest BCUT2D eigenvalue weighted by molar-refractivity contribution is 8.26. The number of carbonyl (C=O) groups is 1. The molecule has 1 fully saturated rings. The SMILES string of the molecule is COc1ccc(CCN2C(=O)/C(=C\c3c(Oc4ccc(Cl)cc4Cl)nc4c(C)cccn4c3=O)SC2=S)cc1. The Labute approximate surface area is 244 Å². The summed E-state index contributed by atoms with van der Waals surface area (Å²) in [6, 6.07) is 16.0. The summed E-state index contributed by atoms with van der Waals surface area (Å²) in [5.74, 6) is 0.757. The number of thioether (sulfide) groups is 1. The van der Waals surface area contributed by atoms with Gasteiger partial charge < -0.3 is 9.47 Å². The largest absolute Gasteiger partial charge is 0.497 e. The van der Waals surface area contributed by atoms with Crippen LogP contribution in [0.1, 0.15) is 16.7 Å². The zero-order valence-electron chi connectivity index (χ0n) is 20.8. The first kappa shape index (κ1) is 27.2. The number of ether oxygens (including phenoxy) is 2. The van der Waals surface area contributed by atoms with Crippen LogP contribution in [0.4, 0.5) is 0 Å². The summed E-state index contributed by atoms with van der Waals surface area (Å²) < 4.78 is 13.1. The Hall–Kier alpha value is -3.37. The average Bonchev–Trinajstić information content (AvgIpc) is 3.19. The number of amides is 1. The molecule has 0 aliphatic carbocycles. The van der Waals surface area contributed by atoms with Crippen molar-refractivity contribution in [1.29, 1.82) is 0 Å². The number of nitrogens with zero attached hydrogens (tertiary/aromatic N) is 3. The average molecular weight is 599 g/mol. The van der Waals surface area contributed by atoms with E-state index in [0.717, 1.165) is 28.6 Å². The van der Waals surface area contributed by atoms with Gasteiger partial charge in [-0.1, -0.05) is 65.4 Å². The Morgan fingerprint density at radius 1 is 1.10 bits per heavy atom. The molecule has 11 heteroatoms. The second kappa shape index (κ2) is 11.4. The topological polar surface area (TPSA) is 73.1 Å². The molecule has 1 amide bonds. The molecule has 0 saturated carbocycles. The molecule has 1 saturated heterocycles. The van der Waals surface area contributed by atoms with Crippen molar-refractivity contribution in [3.63, 3.8) is 0 Å². The fourth-order valence-corrected chi connectivity index (χ4v) is 5.75. The maximum Gasteiger partial charge on any atom is 0.269 e. The molecule has 1 aliphatic rings. The van der Waals surface area contributed by atoms with Gasteiger partial charge in [-0.25, -0.2) is 0 Å². The minimum absolute atomic E-state index is 0.0158. The van der Waals surface area contributed by atoms with Crippen molar-refractivity contribution in [2.75, 3.05) is 13.7 Å². The van der Waals surface area contributed by atoms with Gasteiger partial charge in [-0.15, -0.1) is 0 Å². The first-order chi connectivity index (χ1) is 18.7. The zero-order chi connectivity index (χ0) is 27.7. The van der Waals surface area contributed by atoms with Gasteiger partial charge in [-0.2, -0.15) is 4.98 Å². The van der Waals surface area contributed by atoms with Crippen molar-refractivity contribution < 1.29 is 14.3 Å². The van der Waals surface area contributed by atoms with Crippen LogP contribution in [0, 0.1) is 6.92 Å². The van der Waals surface area contributed by atoms with Crippen LogP contribution in [0.25, 0.3) is 11.7 Å². The molecule has 0 N–H and O–H groups in total. The van der Waals surface area contributed by atoms with E-state index < -0.39 is 5.56 Å². The summed E-state index contributed by atoms with van der Waals surface area (Å²) in [6.07, 6.45) is 3.71. The van der Waals surface area contributed by atoms with Gasteiger partial charge in [0.25, 0.3) is 11.5 Å². The van der Waals surface area contributed by atoms with Crippen molar-refractivity contribution in [3.8, 4) is 17.4 Å². The molecular weight excluding hydrogens is 577 g/mol. The third kappa shape index (κ3) is 5.67. The van der Waals surface area contributed by atoms with Gasteiger partial charge in [-0.05, 0) is 66.9 Å². The number of halogens is 2. The number of thiocarbonyl (C=S) groups is 1. The van der Waals surface area contributed by atoms with Gasteiger partial charge >= 0.3 is 0 Å². The Bertz CT molecular complexity index is 1700. The van der Waals surface area contributed by atoms with E-state index in [9.17, 15) is 9.59 Å². The maximum absolute atomic E-state index is 13.6. The van der Waals surface area contributed by atoms with Gasteiger partial charge in [0.15, 0.2) is 0 Å². The van der Waals surface area contributed by atoms with Gasteiger partial charge in [0.1, 0.15) is 27.0 Å². The Morgan fingerprint density at radius 3 is 2.59 bits per heavy atom. The number of hydrogen-bond acceptors (Lipinski definition) is 7. The van der Waals surface area contributed by atoms with E-state index in [1.807, 2.05) is 37.3 Å². The molecule has 2 aromatic carbocycles. The van der Waals surface area contributed by atoms with E-state index in [-0.39, 0.29) is 28.1 Å². The highest BCUT2D eigenvalue weighted by Gasteiger charge is 2.32. The summed E-state index contributed by atoms with van der Waals surface area (Å²) >= 11 is 19.0. The molecule has 5 rings (SSSR count). The smallest absolute Gasteiger partial charge is 0.269 e. The Balaban J connectivity index is 1.50. The monoisotopic (exact) mass is 597 g/mol. The van der Waals surface area contributed by atoms with Crippen LogP contribution in [0.2, 0.25) is 10.0 Å². The van der Waals surface area contributed by atoms with Gasteiger partial charge in [0.2, 0.25) is 5.88 Å². The second-order valence-electron chi connectivity index (χ2n) is 8.63. The molecule has 0 bridgehead atoms. The predicted octanol–water partition coefficient (Wildman–Crippen LogP) is 6.55. The van der Waals surface area contributed by atoms with Crippen molar-refractivity contribution in [3.05, 3.63) is 103 Å². The zero-order valence-corrected chi connectivity index (χ0v) is 24.0. The molecule has 2 aromatic heterocycles. The lowest BCUT2D eigenvalue weighted by Crippen LogP contribution is -2.30. The number of benzene rings is 2. The number of methoxy groups -OCH3 is 1. The summed E-state index contributed by atoms with van der Waals surface area (Å²) in [5, 5.41) is 0.693. The Morgan fingerprint density at radius 2 is 1.87 bits per heavy atom. The highest BCUT2D eigenvalue weighted by atomic mass is 35.5. The molecule has 1 aliphatic heterocycles. The lowest BCUT2D eigenvalue weighted by molar-refractivity contribution is -0.122. The molecule has 0 spiro atoms. The minimum Gasteiger partial charge on any atom is -0.497 e. The Kier molecular flexibility index (Phi) is 7.95. The van der Waals surface area contributed by atoms with Crippen molar-refractivity contribution in [2.45, 2.75) is 13.3 Å². The van der Waals surface area contributed by atoms with E-state index in [1.54, 1.807) is 31.5 Å². The normalized spacial score (nSPS) is 14.5. The summed E-state index contributed by atoms with van der Waals surface area (Å²) in [6.45, 7) is 2.24. The number of aromatic nitrogens is 2. The lowest BCUT2D eigenvalue weighted by atomic mass is 10.1. The standard InChI is InChI=1S/C28H21Cl2N3O4S2/c1-16-4-3-12-32-24(16)31-25(37-22-10-7-18(29)14-21(22)30)20(26(32)34)15-23-27(35)33(28(38)39-23)13-11-17-5-8-19(36-2)9-6-17/h3-10,12,14-15H,11,13H2,1-2H3/b23-15+. The quantitative estimate of drug-likeness (QED) is 0.176. The molecule has 0 unspecified atom stereocenters. The molecule has 7 nitrogen and oxygen atoms in total. The third-order valence-electron chi connectivity index (χ3n) is 6.08. The third-order valence-corrected chi connectivity index (χ3v) is 7.99. The van der Waals surface area contributed by atoms with Crippen LogP contribution in [0.15, 0.2) is 70.5 Å². The van der Waals surface area contributed by atoms with Gasteiger partial charge in [0.05, 0.1) is 17.0 Å². The van der Waals surface area contributed by atoms with Crippen molar-refractivity contribution in [1.82, 2.24) is 14.3 Å². The van der Waals surface area contributed by atoms with E-state index in [0.29, 0.717) is 32.9 Å².